The molecule has 23 heavy (non-hydrogen) atoms. The van der Waals surface area contributed by atoms with Gasteiger partial charge in [-0.25, -0.2) is 5.01 Å². The van der Waals surface area contributed by atoms with E-state index in [1.165, 1.54) is 18.6 Å². The van der Waals surface area contributed by atoms with Crippen molar-refractivity contribution in [1.29, 1.82) is 0 Å². The molecule has 0 saturated carbocycles. The smallest absolute Gasteiger partial charge is 0.243 e. The van der Waals surface area contributed by atoms with Crippen LogP contribution in [0.25, 0.3) is 0 Å². The van der Waals surface area contributed by atoms with Crippen molar-refractivity contribution in [3.63, 3.8) is 0 Å². The second-order valence-electron chi connectivity index (χ2n) is 6.59. The molecule has 2 atom stereocenters. The van der Waals surface area contributed by atoms with E-state index in [0.717, 1.165) is 24.4 Å². The summed E-state index contributed by atoms with van der Waals surface area (Å²) >= 11 is 0. The Morgan fingerprint density at radius 1 is 1.30 bits per heavy atom. The van der Waals surface area contributed by atoms with Crippen molar-refractivity contribution in [2.45, 2.75) is 38.3 Å². The Kier molecular flexibility index (Phi) is 3.60. The summed E-state index contributed by atoms with van der Waals surface area (Å²) in [6.07, 6.45) is 2.83. The molecule has 4 aliphatic heterocycles. The Labute approximate surface area is 136 Å². The van der Waals surface area contributed by atoms with Gasteiger partial charge in [-0.05, 0) is 43.6 Å². The van der Waals surface area contributed by atoms with Crippen LogP contribution >= 0.6 is 0 Å². The molecule has 1 aromatic rings. The van der Waals surface area contributed by atoms with Gasteiger partial charge in [-0.1, -0.05) is 19.1 Å². The summed E-state index contributed by atoms with van der Waals surface area (Å²) in [7, 11) is 1.68. The first-order valence-corrected chi connectivity index (χ1v) is 8.51. The van der Waals surface area contributed by atoms with Gasteiger partial charge in [0.1, 0.15) is 11.8 Å². The quantitative estimate of drug-likeness (QED) is 0.861. The van der Waals surface area contributed by atoms with Crippen molar-refractivity contribution in [3.8, 4) is 5.75 Å². The van der Waals surface area contributed by atoms with E-state index in [2.05, 4.69) is 11.0 Å². The number of methoxy groups -OCH3 is 1. The molecule has 0 unspecified atom stereocenters. The minimum Gasteiger partial charge on any atom is -0.497 e. The minimum absolute atomic E-state index is 0.0179. The van der Waals surface area contributed by atoms with Crippen LogP contribution in [0.5, 0.6) is 5.75 Å². The first-order chi connectivity index (χ1) is 11.2. The molecule has 0 N–H and O–H groups in total. The van der Waals surface area contributed by atoms with Crippen LogP contribution in [0.4, 0.5) is 0 Å². The lowest BCUT2D eigenvalue weighted by atomic mass is 9.78. The highest BCUT2D eigenvalue weighted by Crippen LogP contribution is 2.43. The Hall–Kier alpha value is -1.88. The molecule has 2 bridgehead atoms. The molecule has 0 aromatic heterocycles. The molecule has 5 heteroatoms. The number of piperidine rings is 3. The van der Waals surface area contributed by atoms with Crippen LogP contribution in [0.1, 0.15) is 37.8 Å². The first kappa shape index (κ1) is 14.7. The van der Waals surface area contributed by atoms with Gasteiger partial charge in [-0.2, -0.15) is 5.10 Å². The Balaban J connectivity index is 1.77. The number of carbonyl (C=O) groups excluding carboxylic acids is 1. The molecule has 5 nitrogen and oxygen atoms in total. The van der Waals surface area contributed by atoms with Gasteiger partial charge in [0, 0.05) is 12.3 Å². The van der Waals surface area contributed by atoms with Crippen LogP contribution in [0, 0.1) is 5.92 Å². The summed E-state index contributed by atoms with van der Waals surface area (Å²) < 4.78 is 5.38. The Bertz CT molecular complexity index is 649. The number of hydrogen-bond donors (Lipinski definition) is 0. The summed E-state index contributed by atoms with van der Waals surface area (Å²) in [6, 6.07) is 8.30. The summed E-state index contributed by atoms with van der Waals surface area (Å²) in [5, 5.41) is 6.54. The molecular formula is C18H23N3O2. The van der Waals surface area contributed by atoms with E-state index in [1.807, 2.05) is 25.1 Å². The number of fused-ring (bicyclic) bond motifs is 2. The zero-order valence-electron chi connectivity index (χ0n) is 13.7. The molecule has 1 aromatic carbocycles. The topological polar surface area (TPSA) is 45.1 Å². The average molecular weight is 313 g/mol. The van der Waals surface area contributed by atoms with E-state index in [-0.39, 0.29) is 18.0 Å². The molecule has 3 fully saturated rings. The average Bonchev–Trinajstić information content (AvgIpc) is 3.04. The monoisotopic (exact) mass is 313 g/mol. The van der Waals surface area contributed by atoms with Crippen molar-refractivity contribution in [3.05, 3.63) is 29.8 Å². The molecule has 3 saturated heterocycles. The third kappa shape index (κ3) is 2.26. The fourth-order valence-electron chi connectivity index (χ4n) is 4.25. The predicted octanol–water partition coefficient (Wildman–Crippen LogP) is 2.44. The van der Waals surface area contributed by atoms with Crippen LogP contribution in [-0.4, -0.2) is 47.8 Å². The van der Waals surface area contributed by atoms with Gasteiger partial charge in [0.2, 0.25) is 5.91 Å². The maximum Gasteiger partial charge on any atom is 0.243 e. The van der Waals surface area contributed by atoms with Crippen LogP contribution in [0.3, 0.4) is 0 Å². The maximum absolute atomic E-state index is 12.5. The van der Waals surface area contributed by atoms with Crippen molar-refractivity contribution >= 4 is 11.6 Å². The van der Waals surface area contributed by atoms with E-state index in [9.17, 15) is 4.79 Å². The zero-order valence-corrected chi connectivity index (χ0v) is 13.7. The number of hydrazone groups is 1. The molecule has 1 amide bonds. The van der Waals surface area contributed by atoms with Gasteiger partial charge in [-0.3, -0.25) is 9.69 Å². The lowest BCUT2D eigenvalue weighted by molar-refractivity contribution is -0.133. The molecule has 122 valence electrons. The van der Waals surface area contributed by atoms with Crippen LogP contribution in [0.15, 0.2) is 29.4 Å². The van der Waals surface area contributed by atoms with Gasteiger partial charge in [0.05, 0.1) is 18.9 Å². The number of nitrogens with zero attached hydrogens (tertiary/aromatic N) is 3. The van der Waals surface area contributed by atoms with Gasteiger partial charge < -0.3 is 4.74 Å². The van der Waals surface area contributed by atoms with E-state index in [1.54, 1.807) is 12.1 Å². The second-order valence-corrected chi connectivity index (χ2v) is 6.59. The number of rotatable bonds is 3. The summed E-state index contributed by atoms with van der Waals surface area (Å²) in [4.78, 5) is 15.0. The fraction of sp³-hybridized carbons (Fsp3) is 0.556. The number of ether oxygens (including phenoxy) is 1. The fourth-order valence-corrected chi connectivity index (χ4v) is 4.25. The second kappa shape index (κ2) is 5.64. The molecule has 0 spiro atoms. The highest BCUT2D eigenvalue weighted by molar-refractivity contribution is 5.97. The van der Waals surface area contributed by atoms with Crippen molar-refractivity contribution in [2.24, 2.45) is 11.0 Å². The standard InChI is InChI=1S/C18H23N3O2/c1-3-15(22)21-17(13-5-4-6-14(11-13)23-2)18-16(19-21)12-7-9-20(18)10-8-12/h4-6,11-12,17-18H,3,7-10H2,1-2H3/t17-,18-/m0/s1. The third-order valence-electron chi connectivity index (χ3n) is 5.42. The molecule has 0 aliphatic carbocycles. The zero-order chi connectivity index (χ0) is 16.0. The molecule has 0 radical (unpaired) electrons. The van der Waals surface area contributed by atoms with Crippen molar-refractivity contribution in [1.82, 2.24) is 9.91 Å². The van der Waals surface area contributed by atoms with Crippen LogP contribution < -0.4 is 4.74 Å². The lowest BCUT2D eigenvalue weighted by Gasteiger charge is -2.46. The highest BCUT2D eigenvalue weighted by Gasteiger charge is 2.50. The number of hydrogen-bond acceptors (Lipinski definition) is 4. The van der Waals surface area contributed by atoms with Gasteiger partial charge in [0.15, 0.2) is 0 Å². The van der Waals surface area contributed by atoms with E-state index in [4.69, 9.17) is 9.84 Å². The van der Waals surface area contributed by atoms with Crippen LogP contribution in [0.2, 0.25) is 0 Å². The third-order valence-corrected chi connectivity index (χ3v) is 5.42. The van der Waals surface area contributed by atoms with Gasteiger partial charge in [-0.15, -0.1) is 0 Å². The number of benzene rings is 1. The SMILES string of the molecule is CCC(=O)N1N=C2C3CCN(CC3)[C@@H]2[C@@H]1c1cccc(OC)c1. The number of amides is 1. The van der Waals surface area contributed by atoms with Crippen LogP contribution in [-0.2, 0) is 4.79 Å². The summed E-state index contributed by atoms with van der Waals surface area (Å²) in [5.41, 5.74) is 2.33. The minimum atomic E-state index is -0.0179. The highest BCUT2D eigenvalue weighted by atomic mass is 16.5. The van der Waals surface area contributed by atoms with E-state index < -0.39 is 0 Å². The Morgan fingerprint density at radius 2 is 2.09 bits per heavy atom. The molecule has 5 rings (SSSR count). The molecular weight excluding hydrogens is 290 g/mol. The summed E-state index contributed by atoms with van der Waals surface area (Å²) in [5.74, 6) is 1.48. The summed E-state index contributed by atoms with van der Waals surface area (Å²) in [6.45, 7) is 4.13. The largest absolute Gasteiger partial charge is 0.497 e. The van der Waals surface area contributed by atoms with Gasteiger partial charge >= 0.3 is 0 Å². The van der Waals surface area contributed by atoms with E-state index in [0.29, 0.717) is 12.3 Å². The molecule has 4 heterocycles. The maximum atomic E-state index is 12.5. The van der Waals surface area contributed by atoms with E-state index >= 15 is 0 Å². The Morgan fingerprint density at radius 3 is 2.78 bits per heavy atom. The first-order valence-electron chi connectivity index (χ1n) is 8.51. The molecule has 4 aliphatic rings. The van der Waals surface area contributed by atoms with Crippen molar-refractivity contribution < 1.29 is 9.53 Å². The number of carbonyl (C=O) groups is 1. The normalized spacial score (nSPS) is 31.7. The van der Waals surface area contributed by atoms with Gasteiger partial charge in [0.25, 0.3) is 0 Å². The van der Waals surface area contributed by atoms with Crippen molar-refractivity contribution in [2.75, 3.05) is 20.2 Å². The lowest BCUT2D eigenvalue weighted by Crippen LogP contribution is -2.56. The predicted molar refractivity (Wildman–Crippen MR) is 88.4 cm³/mol.